The minimum atomic E-state index is 0.260. The topological polar surface area (TPSA) is 15.6 Å². The van der Waals surface area contributed by atoms with E-state index in [1.54, 1.807) is 0 Å². The van der Waals surface area contributed by atoms with Crippen molar-refractivity contribution >= 4 is 24.2 Å². The number of allylic oxidation sites excluding steroid dienone is 2. The van der Waals surface area contributed by atoms with Crippen LogP contribution in [0.25, 0.3) is 0 Å². The van der Waals surface area contributed by atoms with Gasteiger partial charge >= 0.3 is 0 Å². The predicted molar refractivity (Wildman–Crippen MR) is 91.5 cm³/mol. The van der Waals surface area contributed by atoms with Crippen LogP contribution in [0.15, 0.2) is 46.5 Å². The molecular weight excluding hydrogens is 264 g/mol. The first-order valence-electron chi connectivity index (χ1n) is 7.17. The van der Waals surface area contributed by atoms with Gasteiger partial charge < -0.3 is 4.90 Å². The lowest BCUT2D eigenvalue weighted by Crippen LogP contribution is -2.43. The van der Waals surface area contributed by atoms with Crippen LogP contribution < -0.4 is 4.90 Å². The van der Waals surface area contributed by atoms with Crippen LogP contribution >= 0.6 is 12.8 Å². The van der Waals surface area contributed by atoms with Crippen LogP contribution in [0.1, 0.15) is 34.1 Å². The Morgan fingerprint density at radius 2 is 1.90 bits per heavy atom. The third kappa shape index (κ3) is 3.09. The molecule has 2 rings (SSSR count). The van der Waals surface area contributed by atoms with Crippen LogP contribution in [0.3, 0.4) is 0 Å². The van der Waals surface area contributed by atoms with Gasteiger partial charge in [0, 0.05) is 12.2 Å². The van der Waals surface area contributed by atoms with Crippen molar-refractivity contribution in [2.45, 2.75) is 34.1 Å². The highest BCUT2D eigenvalue weighted by molar-refractivity contribution is 7.79. The van der Waals surface area contributed by atoms with Crippen LogP contribution in [0.2, 0.25) is 0 Å². The maximum atomic E-state index is 4.24. The van der Waals surface area contributed by atoms with Gasteiger partial charge in [0.15, 0.2) is 0 Å². The van der Waals surface area contributed by atoms with Crippen molar-refractivity contribution in [3.63, 3.8) is 0 Å². The number of thiol groups is 1. The van der Waals surface area contributed by atoms with Crippen LogP contribution in [0, 0.1) is 11.3 Å². The molecule has 0 spiro atoms. The maximum absolute atomic E-state index is 4.24. The van der Waals surface area contributed by atoms with Crippen molar-refractivity contribution in [3.05, 3.63) is 42.1 Å². The molecule has 1 fully saturated rings. The minimum absolute atomic E-state index is 0.260. The lowest BCUT2D eigenvalue weighted by molar-refractivity contribution is 0.248. The van der Waals surface area contributed by atoms with Gasteiger partial charge in [-0.15, -0.1) is 0 Å². The molecule has 0 aliphatic carbocycles. The smallest absolute Gasteiger partial charge is 0.0720 e. The van der Waals surface area contributed by atoms with Gasteiger partial charge in [-0.1, -0.05) is 45.0 Å². The summed E-state index contributed by atoms with van der Waals surface area (Å²) in [5.41, 5.74) is 3.76. The maximum Gasteiger partial charge on any atom is 0.0720 e. The number of hydrogen-bond donors (Lipinski definition) is 1. The molecule has 0 aromatic heterocycles. The van der Waals surface area contributed by atoms with E-state index >= 15 is 0 Å². The Morgan fingerprint density at radius 1 is 1.25 bits per heavy atom. The summed E-state index contributed by atoms with van der Waals surface area (Å²) in [4.78, 5) is 2.37. The van der Waals surface area contributed by atoms with Crippen LogP contribution in [0.5, 0.6) is 0 Å². The summed E-state index contributed by atoms with van der Waals surface area (Å²) in [5.74, 6) is 0.567. The Labute approximate surface area is 128 Å². The fraction of sp³-hybridized carbons (Fsp3) is 0.471. The molecular formula is C17H24N2S. The molecule has 1 aliphatic heterocycles. The van der Waals surface area contributed by atoms with Crippen LogP contribution in [-0.2, 0) is 0 Å². The van der Waals surface area contributed by atoms with Crippen molar-refractivity contribution < 1.29 is 0 Å². The van der Waals surface area contributed by atoms with Gasteiger partial charge in [-0.2, -0.15) is 0 Å². The summed E-state index contributed by atoms with van der Waals surface area (Å²) in [6.45, 7) is 10.0. The molecule has 0 radical (unpaired) electrons. The van der Waals surface area contributed by atoms with Gasteiger partial charge in [0.05, 0.1) is 11.4 Å². The van der Waals surface area contributed by atoms with Gasteiger partial charge in [-0.05, 0) is 49.6 Å². The van der Waals surface area contributed by atoms with Crippen molar-refractivity contribution in [3.8, 4) is 0 Å². The van der Waals surface area contributed by atoms with Crippen molar-refractivity contribution in [1.82, 2.24) is 0 Å². The predicted octanol–water partition coefficient (Wildman–Crippen LogP) is 4.75. The van der Waals surface area contributed by atoms with E-state index in [0.29, 0.717) is 5.92 Å². The number of nitrogens with zero attached hydrogens (tertiary/aromatic N) is 2. The Hall–Kier alpha value is -1.22. The molecule has 1 aromatic rings. The zero-order valence-corrected chi connectivity index (χ0v) is 13.7. The van der Waals surface area contributed by atoms with E-state index in [-0.39, 0.29) is 5.41 Å². The highest BCUT2D eigenvalue weighted by Crippen LogP contribution is 2.37. The number of benzene rings is 1. The SMILES string of the molecule is C/C=C1/C(=N/S)CC(C(C)(C)C)CN1c1ccccc1. The summed E-state index contributed by atoms with van der Waals surface area (Å²) >= 11 is 4.19. The molecule has 1 aromatic carbocycles. The summed E-state index contributed by atoms with van der Waals surface area (Å²) < 4.78 is 4.24. The van der Waals surface area contributed by atoms with E-state index in [2.05, 4.69) is 86.2 Å². The fourth-order valence-corrected chi connectivity index (χ4v) is 2.91. The third-order valence-corrected chi connectivity index (χ3v) is 4.36. The van der Waals surface area contributed by atoms with E-state index in [4.69, 9.17) is 0 Å². The number of anilines is 1. The van der Waals surface area contributed by atoms with Crippen molar-refractivity contribution in [2.24, 2.45) is 15.7 Å². The van der Waals surface area contributed by atoms with Gasteiger partial charge in [-0.3, -0.25) is 0 Å². The monoisotopic (exact) mass is 288 g/mol. The highest BCUT2D eigenvalue weighted by Gasteiger charge is 2.35. The zero-order chi connectivity index (χ0) is 14.8. The lowest BCUT2D eigenvalue weighted by Gasteiger charge is -2.42. The second kappa shape index (κ2) is 6.04. The summed E-state index contributed by atoms with van der Waals surface area (Å²) in [6, 6.07) is 10.5. The van der Waals surface area contributed by atoms with E-state index in [1.807, 2.05) is 0 Å². The molecule has 0 amide bonds. The molecule has 1 unspecified atom stereocenters. The van der Waals surface area contributed by atoms with Gasteiger partial charge in [0.1, 0.15) is 0 Å². The Kier molecular flexibility index (Phi) is 4.59. The van der Waals surface area contributed by atoms with E-state index in [0.717, 1.165) is 18.7 Å². The zero-order valence-electron chi connectivity index (χ0n) is 12.8. The molecule has 2 nitrogen and oxygen atoms in total. The van der Waals surface area contributed by atoms with E-state index in [1.165, 1.54) is 11.4 Å². The quantitative estimate of drug-likeness (QED) is 0.737. The first kappa shape index (κ1) is 15.2. The largest absolute Gasteiger partial charge is 0.340 e. The molecule has 1 atom stereocenters. The Bertz CT molecular complexity index is 512. The molecule has 1 heterocycles. The number of hydrogen-bond acceptors (Lipinski definition) is 3. The highest BCUT2D eigenvalue weighted by atomic mass is 32.1. The minimum Gasteiger partial charge on any atom is -0.340 e. The number of para-hydroxylation sites is 1. The molecule has 3 heteroatoms. The standard InChI is InChI=1S/C17H24N2S/c1-5-16-15(18-20)11-13(17(2,3)4)12-19(16)14-9-7-6-8-10-14/h5-10,13,20H,11-12H2,1-4H3/b16-5-,18-15+. The first-order valence-corrected chi connectivity index (χ1v) is 7.57. The molecule has 20 heavy (non-hydrogen) atoms. The molecule has 108 valence electrons. The average Bonchev–Trinajstić information content (AvgIpc) is 2.45. The Morgan fingerprint density at radius 3 is 2.40 bits per heavy atom. The first-order chi connectivity index (χ1) is 9.47. The average molecular weight is 288 g/mol. The van der Waals surface area contributed by atoms with Crippen molar-refractivity contribution in [1.29, 1.82) is 0 Å². The summed E-state index contributed by atoms with van der Waals surface area (Å²) in [6.07, 6.45) is 3.14. The van der Waals surface area contributed by atoms with E-state index in [9.17, 15) is 0 Å². The van der Waals surface area contributed by atoms with Crippen LogP contribution in [0.4, 0.5) is 5.69 Å². The second-order valence-corrected chi connectivity index (χ2v) is 6.63. The molecule has 1 saturated heterocycles. The molecule has 0 bridgehead atoms. The summed E-state index contributed by atoms with van der Waals surface area (Å²) in [7, 11) is 0. The van der Waals surface area contributed by atoms with Gasteiger partial charge in [0.2, 0.25) is 0 Å². The molecule has 0 saturated carbocycles. The van der Waals surface area contributed by atoms with Crippen LogP contribution in [-0.4, -0.2) is 12.3 Å². The third-order valence-electron chi connectivity index (χ3n) is 4.12. The number of rotatable bonds is 1. The van der Waals surface area contributed by atoms with Gasteiger partial charge in [-0.25, -0.2) is 4.40 Å². The van der Waals surface area contributed by atoms with Crippen molar-refractivity contribution in [2.75, 3.05) is 11.4 Å². The lowest BCUT2D eigenvalue weighted by atomic mass is 9.75. The van der Waals surface area contributed by atoms with Gasteiger partial charge in [0.25, 0.3) is 0 Å². The molecule has 0 N–H and O–H groups in total. The fourth-order valence-electron chi connectivity index (χ4n) is 2.72. The van der Waals surface area contributed by atoms with E-state index < -0.39 is 0 Å². The Balaban J connectivity index is 2.41. The normalized spacial score (nSPS) is 24.4. The number of piperidine rings is 1. The second-order valence-electron chi connectivity index (χ2n) is 6.43. The molecule has 1 aliphatic rings. The summed E-state index contributed by atoms with van der Waals surface area (Å²) in [5, 5.41) is 0.